The van der Waals surface area contributed by atoms with Gasteiger partial charge in [-0.3, -0.25) is 0 Å². The molecule has 4 heteroatoms. The summed E-state index contributed by atoms with van der Waals surface area (Å²) < 4.78 is 1.84. The molecule has 0 bridgehead atoms. The molecule has 0 atom stereocenters. The van der Waals surface area contributed by atoms with Crippen molar-refractivity contribution in [2.75, 3.05) is 0 Å². The molecule has 0 radical (unpaired) electrons. The summed E-state index contributed by atoms with van der Waals surface area (Å²) in [6, 6.07) is 14.0. The number of para-hydroxylation sites is 1. The predicted molar refractivity (Wildman–Crippen MR) is 76.8 cm³/mol. The molecule has 2 aromatic carbocycles. The van der Waals surface area contributed by atoms with Gasteiger partial charge in [-0.2, -0.15) is 0 Å². The van der Waals surface area contributed by atoms with Crippen molar-refractivity contribution in [2.45, 2.75) is 6.92 Å². The summed E-state index contributed by atoms with van der Waals surface area (Å²) >= 11 is 0. The van der Waals surface area contributed by atoms with Gasteiger partial charge in [-0.1, -0.05) is 23.4 Å². The van der Waals surface area contributed by atoms with Crippen molar-refractivity contribution in [3.05, 3.63) is 59.8 Å². The Morgan fingerprint density at radius 2 is 2.00 bits per heavy atom. The highest BCUT2D eigenvalue weighted by Gasteiger charge is 2.06. The van der Waals surface area contributed by atoms with E-state index in [1.54, 1.807) is 6.20 Å². The van der Waals surface area contributed by atoms with Crippen LogP contribution in [0.2, 0.25) is 0 Å². The van der Waals surface area contributed by atoms with Gasteiger partial charge in [0.1, 0.15) is 5.52 Å². The lowest BCUT2D eigenvalue weighted by Crippen LogP contribution is -1.97. The van der Waals surface area contributed by atoms with Gasteiger partial charge in [0, 0.05) is 0 Å². The lowest BCUT2D eigenvalue weighted by molar-refractivity contribution is 0.823. The minimum atomic E-state index is 0.888. The molecule has 0 unspecified atom stereocenters. The number of hydrogen-bond acceptors (Lipinski definition) is 3. The number of aryl methyl sites for hydroxylation is 1. The van der Waals surface area contributed by atoms with Gasteiger partial charge >= 0.3 is 0 Å². The summed E-state index contributed by atoms with van der Waals surface area (Å²) in [6.45, 7) is 2.05. The van der Waals surface area contributed by atoms with Crippen LogP contribution in [0.25, 0.3) is 22.8 Å². The largest absolute Gasteiger partial charge is 0.405 e. The first-order chi connectivity index (χ1) is 9.29. The maximum atomic E-state index is 5.47. The first kappa shape index (κ1) is 11.5. The molecule has 4 nitrogen and oxygen atoms in total. The normalized spacial score (nSPS) is 11.4. The molecule has 2 N–H and O–H groups in total. The van der Waals surface area contributed by atoms with Crippen molar-refractivity contribution < 1.29 is 0 Å². The molecular weight excluding hydrogens is 236 g/mol. The summed E-state index contributed by atoms with van der Waals surface area (Å²) in [7, 11) is 0. The first-order valence-electron chi connectivity index (χ1n) is 6.09. The van der Waals surface area contributed by atoms with Crippen molar-refractivity contribution in [3.63, 3.8) is 0 Å². The van der Waals surface area contributed by atoms with E-state index in [4.69, 9.17) is 5.73 Å². The Bertz CT molecular complexity index is 756. The van der Waals surface area contributed by atoms with Crippen LogP contribution in [0, 0.1) is 6.92 Å². The number of hydrogen-bond donors (Lipinski definition) is 1. The van der Waals surface area contributed by atoms with Gasteiger partial charge in [0.2, 0.25) is 0 Å². The molecule has 3 aromatic rings. The third-order valence-electron chi connectivity index (χ3n) is 3.13. The highest BCUT2D eigenvalue weighted by molar-refractivity contribution is 5.76. The second-order valence-electron chi connectivity index (χ2n) is 4.39. The Morgan fingerprint density at radius 3 is 2.84 bits per heavy atom. The SMILES string of the molecule is Cc1ccc(-n2nnc3ccccc32)cc1/C=C\N. The second kappa shape index (κ2) is 4.57. The molecular formula is C15H14N4. The van der Waals surface area contributed by atoms with E-state index >= 15 is 0 Å². The molecule has 1 heterocycles. The lowest BCUT2D eigenvalue weighted by Gasteiger charge is -2.06. The van der Waals surface area contributed by atoms with Gasteiger partial charge in [0.25, 0.3) is 0 Å². The molecule has 0 amide bonds. The molecule has 0 aliphatic carbocycles. The van der Waals surface area contributed by atoms with Crippen molar-refractivity contribution in [2.24, 2.45) is 5.73 Å². The van der Waals surface area contributed by atoms with E-state index in [-0.39, 0.29) is 0 Å². The number of nitrogens with two attached hydrogens (primary N) is 1. The molecule has 0 saturated carbocycles. The van der Waals surface area contributed by atoms with Gasteiger partial charge < -0.3 is 5.73 Å². The van der Waals surface area contributed by atoms with Crippen LogP contribution in [0.5, 0.6) is 0 Å². The van der Waals surface area contributed by atoms with Gasteiger partial charge in [0.05, 0.1) is 11.2 Å². The highest BCUT2D eigenvalue weighted by atomic mass is 15.4. The minimum Gasteiger partial charge on any atom is -0.405 e. The maximum Gasteiger partial charge on any atom is 0.113 e. The topological polar surface area (TPSA) is 56.7 Å². The van der Waals surface area contributed by atoms with Crippen LogP contribution >= 0.6 is 0 Å². The van der Waals surface area contributed by atoms with Crippen LogP contribution < -0.4 is 5.73 Å². The van der Waals surface area contributed by atoms with E-state index in [1.807, 2.05) is 41.1 Å². The second-order valence-corrected chi connectivity index (χ2v) is 4.39. The Labute approximate surface area is 111 Å². The molecule has 0 fully saturated rings. The zero-order valence-electron chi connectivity index (χ0n) is 10.6. The average molecular weight is 250 g/mol. The molecule has 0 aliphatic heterocycles. The number of aromatic nitrogens is 3. The fourth-order valence-electron chi connectivity index (χ4n) is 2.10. The third kappa shape index (κ3) is 1.97. The smallest absolute Gasteiger partial charge is 0.113 e. The summed E-state index contributed by atoms with van der Waals surface area (Å²) in [5.74, 6) is 0. The fraction of sp³-hybridized carbons (Fsp3) is 0.0667. The van der Waals surface area contributed by atoms with Crippen LogP contribution in [0.4, 0.5) is 0 Å². The lowest BCUT2D eigenvalue weighted by atomic mass is 10.1. The first-order valence-corrected chi connectivity index (χ1v) is 6.09. The van der Waals surface area contributed by atoms with E-state index in [0.29, 0.717) is 0 Å². The molecule has 0 aliphatic rings. The standard InChI is InChI=1S/C15H14N4/c1-11-6-7-13(10-12(11)8-9-16)19-15-5-3-2-4-14(15)17-18-19/h2-10H,16H2,1H3/b9-8-. The Balaban J connectivity index is 2.19. The Morgan fingerprint density at radius 1 is 1.16 bits per heavy atom. The number of rotatable bonds is 2. The van der Waals surface area contributed by atoms with Crippen LogP contribution in [-0.2, 0) is 0 Å². The number of benzene rings is 2. The average Bonchev–Trinajstić information content (AvgIpc) is 2.85. The third-order valence-corrected chi connectivity index (χ3v) is 3.13. The van der Waals surface area contributed by atoms with Crippen molar-refractivity contribution in [1.82, 2.24) is 15.0 Å². The monoisotopic (exact) mass is 250 g/mol. The molecule has 0 spiro atoms. The number of fused-ring (bicyclic) bond motifs is 1. The van der Waals surface area contributed by atoms with E-state index in [1.165, 1.54) is 5.56 Å². The van der Waals surface area contributed by atoms with E-state index < -0.39 is 0 Å². The van der Waals surface area contributed by atoms with E-state index in [0.717, 1.165) is 22.3 Å². The minimum absolute atomic E-state index is 0.888. The van der Waals surface area contributed by atoms with Gasteiger partial charge in [-0.05, 0) is 54.6 Å². The van der Waals surface area contributed by atoms with Gasteiger partial charge in [-0.15, -0.1) is 5.10 Å². The van der Waals surface area contributed by atoms with Crippen LogP contribution in [-0.4, -0.2) is 15.0 Å². The molecule has 3 rings (SSSR count). The maximum absolute atomic E-state index is 5.47. The molecule has 1 aromatic heterocycles. The summed E-state index contributed by atoms with van der Waals surface area (Å²) in [4.78, 5) is 0. The van der Waals surface area contributed by atoms with Crippen LogP contribution in [0.15, 0.2) is 48.7 Å². The Hall–Kier alpha value is -2.62. The summed E-state index contributed by atoms with van der Waals surface area (Å²) in [5, 5.41) is 8.37. The van der Waals surface area contributed by atoms with Crippen LogP contribution in [0.3, 0.4) is 0 Å². The highest BCUT2D eigenvalue weighted by Crippen LogP contribution is 2.19. The number of nitrogens with zero attached hydrogens (tertiary/aromatic N) is 3. The zero-order valence-corrected chi connectivity index (χ0v) is 10.6. The molecule has 0 saturated heterocycles. The zero-order chi connectivity index (χ0) is 13.2. The summed E-state index contributed by atoms with van der Waals surface area (Å²) in [6.07, 6.45) is 3.43. The van der Waals surface area contributed by atoms with E-state index in [9.17, 15) is 0 Å². The summed E-state index contributed by atoms with van der Waals surface area (Å²) in [5.41, 5.74) is 10.6. The van der Waals surface area contributed by atoms with Gasteiger partial charge in [0.15, 0.2) is 0 Å². The predicted octanol–water partition coefficient (Wildman–Crippen LogP) is 2.66. The Kier molecular flexibility index (Phi) is 2.76. The quantitative estimate of drug-likeness (QED) is 0.760. The molecule has 94 valence electrons. The van der Waals surface area contributed by atoms with Crippen molar-refractivity contribution in [3.8, 4) is 5.69 Å². The van der Waals surface area contributed by atoms with Crippen LogP contribution in [0.1, 0.15) is 11.1 Å². The van der Waals surface area contributed by atoms with Crippen molar-refractivity contribution >= 4 is 17.1 Å². The fourth-order valence-corrected chi connectivity index (χ4v) is 2.10. The molecule has 19 heavy (non-hydrogen) atoms. The van der Waals surface area contributed by atoms with Gasteiger partial charge in [-0.25, -0.2) is 4.68 Å². The van der Waals surface area contributed by atoms with Crippen molar-refractivity contribution in [1.29, 1.82) is 0 Å². The van der Waals surface area contributed by atoms with E-state index in [2.05, 4.69) is 29.4 Å².